The van der Waals surface area contributed by atoms with Crippen molar-refractivity contribution in [3.63, 3.8) is 0 Å². The molecule has 0 N–H and O–H groups in total. The Morgan fingerprint density at radius 2 is 1.13 bits per heavy atom. The van der Waals surface area contributed by atoms with E-state index in [2.05, 4.69) is 13.8 Å². The molecular formula is C20H39F3. The molecule has 0 aromatic heterocycles. The number of hydrogen-bond acceptors (Lipinski definition) is 0. The van der Waals surface area contributed by atoms with Crippen LogP contribution < -0.4 is 0 Å². The van der Waals surface area contributed by atoms with Gasteiger partial charge in [0.1, 0.15) is 5.67 Å². The van der Waals surface area contributed by atoms with Crippen LogP contribution in [0.3, 0.4) is 0 Å². The average molecular weight is 337 g/mol. The maximum Gasteiger partial charge on any atom is 0.248 e. The highest BCUT2D eigenvalue weighted by atomic mass is 19.3. The van der Waals surface area contributed by atoms with Gasteiger partial charge >= 0.3 is 0 Å². The third-order valence-electron chi connectivity index (χ3n) is 5.40. The molecular weight excluding hydrogens is 297 g/mol. The Hall–Kier alpha value is -0.210. The summed E-state index contributed by atoms with van der Waals surface area (Å²) in [7, 11) is 0. The van der Waals surface area contributed by atoms with Gasteiger partial charge in [-0.25, -0.2) is 13.2 Å². The summed E-state index contributed by atoms with van der Waals surface area (Å²) in [5.41, 5.74) is -0.856. The zero-order chi connectivity index (χ0) is 18.3. The molecule has 2 aliphatic carbocycles. The predicted molar refractivity (Wildman–Crippen MR) is 94.8 cm³/mol. The summed E-state index contributed by atoms with van der Waals surface area (Å²) in [5, 5.41) is 0. The van der Waals surface area contributed by atoms with Gasteiger partial charge in [-0.05, 0) is 62.7 Å². The molecule has 23 heavy (non-hydrogen) atoms. The molecule has 0 bridgehead atoms. The average Bonchev–Trinajstić information content (AvgIpc) is 2.82. The lowest BCUT2D eigenvalue weighted by Gasteiger charge is -2.33. The van der Waals surface area contributed by atoms with Gasteiger partial charge in [0.25, 0.3) is 0 Å². The first-order valence-electron chi connectivity index (χ1n) is 9.59. The van der Waals surface area contributed by atoms with Crippen LogP contribution in [0.15, 0.2) is 0 Å². The smallest absolute Gasteiger partial charge is 0.244 e. The van der Waals surface area contributed by atoms with E-state index in [0.29, 0.717) is 12.3 Å². The maximum atomic E-state index is 13.3. The van der Waals surface area contributed by atoms with E-state index in [9.17, 15) is 13.2 Å². The Labute approximate surface area is 142 Å². The molecule has 140 valence electrons. The molecule has 2 rings (SSSR count). The zero-order valence-corrected chi connectivity index (χ0v) is 16.4. The van der Waals surface area contributed by atoms with Gasteiger partial charge in [0.2, 0.25) is 5.92 Å². The fourth-order valence-corrected chi connectivity index (χ4v) is 3.46. The van der Waals surface area contributed by atoms with E-state index in [4.69, 9.17) is 0 Å². The van der Waals surface area contributed by atoms with Crippen LogP contribution >= 0.6 is 0 Å². The van der Waals surface area contributed by atoms with Crippen LogP contribution in [0.5, 0.6) is 0 Å². The van der Waals surface area contributed by atoms with Gasteiger partial charge < -0.3 is 0 Å². The molecule has 0 amide bonds. The van der Waals surface area contributed by atoms with Crippen molar-refractivity contribution in [3.8, 4) is 0 Å². The summed E-state index contributed by atoms with van der Waals surface area (Å²) in [4.78, 5) is 0. The van der Waals surface area contributed by atoms with Crippen molar-refractivity contribution in [1.82, 2.24) is 0 Å². The van der Waals surface area contributed by atoms with Crippen LogP contribution in [-0.4, -0.2) is 11.6 Å². The molecule has 0 aliphatic heterocycles. The Morgan fingerprint density at radius 3 is 1.39 bits per heavy atom. The van der Waals surface area contributed by atoms with Crippen molar-refractivity contribution in [3.05, 3.63) is 0 Å². The van der Waals surface area contributed by atoms with Crippen molar-refractivity contribution >= 4 is 0 Å². The van der Waals surface area contributed by atoms with Gasteiger partial charge in [-0.1, -0.05) is 41.5 Å². The molecule has 2 aliphatic rings. The molecule has 0 saturated heterocycles. The first-order valence-corrected chi connectivity index (χ1v) is 9.59. The van der Waals surface area contributed by atoms with E-state index in [1.54, 1.807) is 6.92 Å². The Bertz CT molecular complexity index is 298. The number of rotatable bonds is 2. The highest BCUT2D eigenvalue weighted by Crippen LogP contribution is 2.41. The van der Waals surface area contributed by atoms with Gasteiger partial charge in [-0.3, -0.25) is 0 Å². The first kappa shape index (κ1) is 22.8. The molecule has 2 saturated carbocycles. The van der Waals surface area contributed by atoms with Crippen LogP contribution in [0.2, 0.25) is 0 Å². The molecule has 0 aromatic rings. The van der Waals surface area contributed by atoms with Crippen molar-refractivity contribution in [2.24, 2.45) is 23.7 Å². The quantitative estimate of drug-likeness (QED) is 0.485. The minimum Gasteiger partial charge on any atom is -0.244 e. The van der Waals surface area contributed by atoms with Gasteiger partial charge in [-0.15, -0.1) is 0 Å². The summed E-state index contributed by atoms with van der Waals surface area (Å²) in [6, 6.07) is 0. The van der Waals surface area contributed by atoms with Crippen molar-refractivity contribution in [2.75, 3.05) is 0 Å². The second-order valence-corrected chi connectivity index (χ2v) is 8.10. The van der Waals surface area contributed by atoms with Gasteiger partial charge in [0.05, 0.1) is 0 Å². The predicted octanol–water partition coefficient (Wildman–Crippen LogP) is 7.66. The highest BCUT2D eigenvalue weighted by Gasteiger charge is 2.40. The SMILES string of the molecule is CC.CC(C)C1CCC(C)(F)CC1.CC(C)C1CCC(F)(F)C1. The van der Waals surface area contributed by atoms with E-state index in [1.165, 1.54) is 0 Å². The summed E-state index contributed by atoms with van der Waals surface area (Å²) < 4.78 is 38.4. The molecule has 3 heteroatoms. The fraction of sp³-hybridized carbons (Fsp3) is 1.00. The van der Waals surface area contributed by atoms with E-state index in [-0.39, 0.29) is 18.8 Å². The Morgan fingerprint density at radius 1 is 0.739 bits per heavy atom. The largest absolute Gasteiger partial charge is 0.248 e. The molecule has 0 heterocycles. The monoisotopic (exact) mass is 336 g/mol. The van der Waals surface area contributed by atoms with Crippen LogP contribution in [-0.2, 0) is 0 Å². The second-order valence-electron chi connectivity index (χ2n) is 8.10. The van der Waals surface area contributed by atoms with Crippen LogP contribution in [0, 0.1) is 23.7 Å². The maximum absolute atomic E-state index is 13.3. The van der Waals surface area contributed by atoms with E-state index >= 15 is 0 Å². The van der Waals surface area contributed by atoms with Gasteiger partial charge in [0.15, 0.2) is 0 Å². The van der Waals surface area contributed by atoms with Gasteiger partial charge in [0, 0.05) is 12.8 Å². The fourth-order valence-electron chi connectivity index (χ4n) is 3.46. The lowest BCUT2D eigenvalue weighted by molar-refractivity contribution is 0.00297. The topological polar surface area (TPSA) is 0 Å². The molecule has 0 spiro atoms. The number of alkyl halides is 3. The number of halogens is 3. The van der Waals surface area contributed by atoms with E-state index in [1.807, 2.05) is 27.7 Å². The zero-order valence-electron chi connectivity index (χ0n) is 16.4. The summed E-state index contributed by atoms with van der Waals surface area (Å²) in [6.07, 6.45) is 4.66. The molecule has 2 fully saturated rings. The van der Waals surface area contributed by atoms with Crippen LogP contribution in [0.4, 0.5) is 13.2 Å². The minimum absolute atomic E-state index is 0.107. The second kappa shape index (κ2) is 9.93. The first-order chi connectivity index (χ1) is 10.5. The summed E-state index contributed by atoms with van der Waals surface area (Å²) in [5.74, 6) is -0.150. The van der Waals surface area contributed by atoms with Crippen molar-refractivity contribution < 1.29 is 13.2 Å². The van der Waals surface area contributed by atoms with E-state index < -0.39 is 11.6 Å². The van der Waals surface area contributed by atoms with Crippen LogP contribution in [0.1, 0.15) is 93.4 Å². The summed E-state index contributed by atoms with van der Waals surface area (Å²) >= 11 is 0. The van der Waals surface area contributed by atoms with Crippen LogP contribution in [0.25, 0.3) is 0 Å². The number of hydrogen-bond donors (Lipinski definition) is 0. The molecule has 0 aromatic carbocycles. The molecule has 0 nitrogen and oxygen atoms in total. The normalized spacial score (nSPS) is 32.9. The van der Waals surface area contributed by atoms with Crippen molar-refractivity contribution in [2.45, 2.75) is 105 Å². The Balaban J connectivity index is 0.000000381. The van der Waals surface area contributed by atoms with E-state index in [0.717, 1.165) is 37.5 Å². The summed E-state index contributed by atoms with van der Waals surface area (Å²) in [6.45, 7) is 14.3. The van der Waals surface area contributed by atoms with Crippen molar-refractivity contribution in [1.29, 1.82) is 0 Å². The van der Waals surface area contributed by atoms with Gasteiger partial charge in [-0.2, -0.15) is 0 Å². The highest BCUT2D eigenvalue weighted by molar-refractivity contribution is 4.83. The molecule has 0 radical (unpaired) electrons. The lowest BCUT2D eigenvalue weighted by atomic mass is 9.76. The minimum atomic E-state index is -2.35. The third-order valence-corrected chi connectivity index (χ3v) is 5.40. The Kier molecular flexibility index (Phi) is 9.84. The molecule has 1 atom stereocenters. The lowest BCUT2D eigenvalue weighted by Crippen LogP contribution is -2.27. The third kappa shape index (κ3) is 9.00. The molecule has 1 unspecified atom stereocenters. The standard InChI is InChI=1S/C10H19F.C8H14F2.C2H6/c1-8(2)9-4-6-10(3,11)7-5-9;1-6(2)7-3-4-8(9,10)5-7;1-2/h8-9H,4-7H2,1-3H3;6-7H,3-5H2,1-2H3;1-2H3.